The summed E-state index contributed by atoms with van der Waals surface area (Å²) in [6.45, 7) is 0.819. The average molecular weight is 159 g/mol. The van der Waals surface area contributed by atoms with Crippen molar-refractivity contribution in [3.63, 3.8) is 0 Å². The first-order valence-corrected chi connectivity index (χ1v) is 3.83. The van der Waals surface area contributed by atoms with Crippen LogP contribution in [0.5, 0.6) is 0 Å². The highest BCUT2D eigenvalue weighted by Crippen LogP contribution is 2.31. The van der Waals surface area contributed by atoms with Gasteiger partial charge in [0.2, 0.25) is 0 Å². The van der Waals surface area contributed by atoms with E-state index >= 15 is 0 Å². The smallest absolute Gasteiger partial charge is 0.109 e. The summed E-state index contributed by atoms with van der Waals surface area (Å²) in [5.74, 6) is 0. The largest absolute Gasteiger partial charge is 0.379 e. The normalized spacial score (nSPS) is 13.3. The van der Waals surface area contributed by atoms with Gasteiger partial charge < -0.3 is 5.32 Å². The lowest BCUT2D eigenvalue weighted by atomic mass is 10.1. The predicted octanol–water partition coefficient (Wildman–Crippen LogP) is 2.79. The molecule has 1 aromatic rings. The Morgan fingerprint density at radius 2 is 2.33 bits per heavy atom. The van der Waals surface area contributed by atoms with Crippen molar-refractivity contribution >= 4 is 17.5 Å². The Morgan fingerprint density at radius 1 is 1.42 bits per heavy atom. The summed E-state index contributed by atoms with van der Waals surface area (Å²) in [7, 11) is 0. The van der Waals surface area contributed by atoms with Gasteiger partial charge in [0.25, 0.3) is 0 Å². The molecule has 0 atom stereocenters. The molecule has 0 amide bonds. The van der Waals surface area contributed by atoms with Crippen molar-refractivity contribution in [1.29, 1.82) is 5.53 Å². The fraction of sp³-hybridized carbons (Fsp3) is 0.111. The van der Waals surface area contributed by atoms with Gasteiger partial charge in [-0.25, -0.2) is 5.53 Å². The van der Waals surface area contributed by atoms with Crippen LogP contribution in [0.2, 0.25) is 0 Å². The number of para-hydroxylation sites is 1. The van der Waals surface area contributed by atoms with Gasteiger partial charge in [0.05, 0.1) is 5.69 Å². The first kappa shape index (κ1) is 7.03. The number of hydrogen-bond donors (Lipinski definition) is 2. The van der Waals surface area contributed by atoms with Crippen molar-refractivity contribution in [2.45, 2.75) is 0 Å². The molecule has 0 fully saturated rings. The molecule has 0 unspecified atom stereocenters. The van der Waals surface area contributed by atoms with Crippen molar-refractivity contribution in [1.82, 2.24) is 0 Å². The van der Waals surface area contributed by atoms with Gasteiger partial charge in [-0.15, -0.1) is 0 Å². The molecule has 0 aromatic heterocycles. The topological polar surface area (TPSA) is 48.2 Å². The standard InChI is InChI=1S/C9H9N3/c10-12-8-5-1-3-7-4-2-6-11-9(7)8/h1-5,10-11H,6H2. The zero-order valence-corrected chi connectivity index (χ0v) is 6.54. The van der Waals surface area contributed by atoms with Crippen LogP contribution < -0.4 is 5.32 Å². The maximum Gasteiger partial charge on any atom is 0.109 e. The van der Waals surface area contributed by atoms with Crippen molar-refractivity contribution in [3.8, 4) is 0 Å². The zero-order chi connectivity index (χ0) is 8.39. The van der Waals surface area contributed by atoms with Gasteiger partial charge in [0.15, 0.2) is 0 Å². The van der Waals surface area contributed by atoms with Crippen molar-refractivity contribution in [3.05, 3.63) is 29.8 Å². The van der Waals surface area contributed by atoms with Crippen LogP contribution in [0, 0.1) is 5.53 Å². The van der Waals surface area contributed by atoms with Crippen LogP contribution in [0.15, 0.2) is 29.4 Å². The average Bonchev–Trinajstić information content (AvgIpc) is 2.17. The van der Waals surface area contributed by atoms with Gasteiger partial charge in [-0.1, -0.05) is 24.3 Å². The monoisotopic (exact) mass is 159 g/mol. The van der Waals surface area contributed by atoms with Gasteiger partial charge in [-0.3, -0.25) is 0 Å². The number of benzene rings is 1. The minimum atomic E-state index is 0.705. The number of hydrogen-bond acceptors (Lipinski definition) is 3. The maximum absolute atomic E-state index is 6.94. The molecule has 1 heterocycles. The summed E-state index contributed by atoms with van der Waals surface area (Å²) in [5.41, 5.74) is 9.72. The number of anilines is 1. The van der Waals surface area contributed by atoms with E-state index in [9.17, 15) is 0 Å². The third kappa shape index (κ3) is 0.993. The number of nitrogens with one attached hydrogen (secondary N) is 2. The highest BCUT2D eigenvalue weighted by Gasteiger charge is 2.06. The van der Waals surface area contributed by atoms with Crippen LogP contribution in [-0.4, -0.2) is 6.54 Å². The lowest BCUT2D eigenvalue weighted by Gasteiger charge is -2.13. The summed E-state index contributed by atoms with van der Waals surface area (Å²) in [4.78, 5) is 0. The first-order chi connectivity index (χ1) is 5.92. The van der Waals surface area contributed by atoms with E-state index < -0.39 is 0 Å². The van der Waals surface area contributed by atoms with Gasteiger partial charge in [0.1, 0.15) is 5.69 Å². The second kappa shape index (κ2) is 2.77. The van der Waals surface area contributed by atoms with Crippen LogP contribution in [0.1, 0.15) is 5.56 Å². The Kier molecular flexibility index (Phi) is 1.63. The molecular formula is C9H9N3. The van der Waals surface area contributed by atoms with E-state index in [1.165, 1.54) is 0 Å². The molecule has 1 aliphatic rings. The van der Waals surface area contributed by atoms with Crippen molar-refractivity contribution in [2.75, 3.05) is 11.9 Å². The van der Waals surface area contributed by atoms with Gasteiger partial charge in [-0.2, -0.15) is 5.11 Å². The second-order valence-electron chi connectivity index (χ2n) is 2.64. The molecule has 3 nitrogen and oxygen atoms in total. The Hall–Kier alpha value is -1.64. The summed E-state index contributed by atoms with van der Waals surface area (Å²) < 4.78 is 0. The predicted molar refractivity (Wildman–Crippen MR) is 48.8 cm³/mol. The highest BCUT2D eigenvalue weighted by atomic mass is 15.0. The molecule has 60 valence electrons. The van der Waals surface area contributed by atoms with Crippen LogP contribution in [0.25, 0.3) is 6.08 Å². The molecule has 0 bridgehead atoms. The van der Waals surface area contributed by atoms with E-state index in [4.69, 9.17) is 5.53 Å². The van der Waals surface area contributed by atoms with Crippen molar-refractivity contribution in [2.24, 2.45) is 5.11 Å². The molecule has 0 radical (unpaired) electrons. The number of fused-ring (bicyclic) bond motifs is 1. The lowest BCUT2D eigenvalue weighted by molar-refractivity contribution is 1.14. The highest BCUT2D eigenvalue weighted by molar-refractivity contribution is 5.79. The fourth-order valence-electron chi connectivity index (χ4n) is 1.33. The number of rotatable bonds is 1. The molecule has 1 aliphatic heterocycles. The molecule has 0 spiro atoms. The SMILES string of the molecule is N=Nc1cccc2c1NCC=C2. The summed E-state index contributed by atoms with van der Waals surface area (Å²) in [5, 5.41) is 6.62. The Morgan fingerprint density at radius 3 is 3.17 bits per heavy atom. The molecular weight excluding hydrogens is 150 g/mol. The van der Waals surface area contributed by atoms with Crippen LogP contribution in [0.4, 0.5) is 11.4 Å². The third-order valence-corrected chi connectivity index (χ3v) is 1.89. The van der Waals surface area contributed by atoms with Gasteiger partial charge in [-0.05, 0) is 11.6 Å². The summed E-state index contributed by atoms with van der Waals surface area (Å²) >= 11 is 0. The van der Waals surface area contributed by atoms with Gasteiger partial charge in [0, 0.05) is 6.54 Å². The number of nitrogens with zero attached hydrogens (tertiary/aromatic N) is 1. The summed E-state index contributed by atoms with van der Waals surface area (Å²) in [6, 6.07) is 5.74. The zero-order valence-electron chi connectivity index (χ0n) is 6.54. The van der Waals surface area contributed by atoms with Crippen molar-refractivity contribution < 1.29 is 0 Å². The van der Waals surface area contributed by atoms with Crippen LogP contribution in [-0.2, 0) is 0 Å². The Labute approximate surface area is 70.6 Å². The molecule has 1 aromatic carbocycles. The summed E-state index contributed by atoms with van der Waals surface area (Å²) in [6.07, 6.45) is 4.09. The molecule has 0 aliphatic carbocycles. The Bertz CT molecular complexity index is 342. The van der Waals surface area contributed by atoms with E-state index in [2.05, 4.69) is 16.5 Å². The van der Waals surface area contributed by atoms with E-state index in [1.54, 1.807) is 0 Å². The molecule has 12 heavy (non-hydrogen) atoms. The maximum atomic E-state index is 6.94. The molecule has 3 heteroatoms. The molecule has 0 saturated heterocycles. The minimum Gasteiger partial charge on any atom is -0.379 e. The van der Waals surface area contributed by atoms with Gasteiger partial charge >= 0.3 is 0 Å². The first-order valence-electron chi connectivity index (χ1n) is 3.83. The van der Waals surface area contributed by atoms with E-state index in [-0.39, 0.29) is 0 Å². The van der Waals surface area contributed by atoms with E-state index in [0.29, 0.717) is 5.69 Å². The van der Waals surface area contributed by atoms with E-state index in [1.807, 2.05) is 24.3 Å². The quantitative estimate of drug-likeness (QED) is 0.608. The minimum absolute atomic E-state index is 0.705. The van der Waals surface area contributed by atoms with E-state index in [0.717, 1.165) is 17.8 Å². The third-order valence-electron chi connectivity index (χ3n) is 1.89. The molecule has 2 N–H and O–H groups in total. The van der Waals surface area contributed by atoms with Crippen LogP contribution >= 0.6 is 0 Å². The molecule has 0 saturated carbocycles. The lowest BCUT2D eigenvalue weighted by Crippen LogP contribution is -2.03. The Balaban J connectivity index is 2.60. The fourth-order valence-corrected chi connectivity index (χ4v) is 1.33. The second-order valence-corrected chi connectivity index (χ2v) is 2.64. The van der Waals surface area contributed by atoms with Crippen LogP contribution in [0.3, 0.4) is 0 Å². The molecule has 2 rings (SSSR count).